The molecule has 0 atom stereocenters. The van der Waals surface area contributed by atoms with E-state index in [4.69, 9.17) is 22.9 Å². The summed E-state index contributed by atoms with van der Waals surface area (Å²) in [5.74, 6) is 0. The lowest BCUT2D eigenvalue weighted by Crippen LogP contribution is -2.42. The molecular formula is C22H24ClF5N6O3S2Si. The number of benzene rings is 1. The van der Waals surface area contributed by atoms with Gasteiger partial charge >= 0.3 is 11.8 Å². The molecule has 0 unspecified atom stereocenters. The molecule has 1 aromatic carbocycles. The van der Waals surface area contributed by atoms with Crippen molar-refractivity contribution in [2.45, 2.75) is 68.2 Å². The Hall–Kier alpha value is -2.23. The van der Waals surface area contributed by atoms with Gasteiger partial charge in [-0.05, 0) is 18.2 Å². The highest BCUT2D eigenvalue weighted by molar-refractivity contribution is 7.89. The number of sulfonamides is 1. The number of fused-ring (bicyclic) bond motifs is 1. The third-order valence-electron chi connectivity index (χ3n) is 6.09. The van der Waals surface area contributed by atoms with E-state index >= 15 is 0 Å². The third kappa shape index (κ3) is 6.47. The van der Waals surface area contributed by atoms with Crippen LogP contribution < -0.4 is 0 Å². The van der Waals surface area contributed by atoms with Crippen LogP contribution in [0.4, 0.5) is 22.0 Å². The van der Waals surface area contributed by atoms with Gasteiger partial charge in [0.15, 0.2) is 10.0 Å². The van der Waals surface area contributed by atoms with Crippen LogP contribution in [0.5, 0.6) is 0 Å². The Morgan fingerprint density at radius 2 is 1.95 bits per heavy atom. The summed E-state index contributed by atoms with van der Waals surface area (Å²) in [4.78, 5) is 3.11. The highest BCUT2D eigenvalue weighted by atomic mass is 35.5. The number of alkyl halides is 5. The molecule has 0 aliphatic heterocycles. The normalized spacial score (nSPS) is 15.8. The second kappa shape index (κ2) is 10.9. The van der Waals surface area contributed by atoms with Crippen molar-refractivity contribution in [3.63, 3.8) is 0 Å². The molecule has 40 heavy (non-hydrogen) atoms. The average molecular weight is 643 g/mol. The number of ether oxygens (including phenoxy) is 1. The summed E-state index contributed by atoms with van der Waals surface area (Å²) < 4.78 is 101. The molecule has 2 heterocycles. The maximum Gasteiger partial charge on any atom is 0.408 e. The first kappa shape index (κ1) is 30.7. The highest BCUT2D eigenvalue weighted by Gasteiger charge is 2.61. The molecule has 9 nitrogen and oxygen atoms in total. The Labute approximate surface area is 236 Å². The van der Waals surface area contributed by atoms with Crippen LogP contribution in [-0.4, -0.2) is 66.0 Å². The minimum atomic E-state index is -4.72. The van der Waals surface area contributed by atoms with Crippen LogP contribution in [0.3, 0.4) is 0 Å². The Morgan fingerprint density at radius 1 is 1.27 bits per heavy atom. The molecule has 0 N–H and O–H groups in total. The lowest BCUT2D eigenvalue weighted by atomic mass is 10.2. The molecule has 0 bridgehead atoms. The van der Waals surface area contributed by atoms with Crippen molar-refractivity contribution in [3.05, 3.63) is 33.6 Å². The summed E-state index contributed by atoms with van der Waals surface area (Å²) in [5, 5.41) is 9.45. The lowest BCUT2D eigenvalue weighted by Gasteiger charge is -2.24. The van der Waals surface area contributed by atoms with Crippen LogP contribution in [0.25, 0.3) is 26.4 Å². The number of aromatic nitrogens is 4. The van der Waals surface area contributed by atoms with Gasteiger partial charge in [0.1, 0.15) is 19.0 Å². The van der Waals surface area contributed by atoms with Crippen molar-refractivity contribution in [2.75, 3.05) is 13.3 Å². The van der Waals surface area contributed by atoms with E-state index in [9.17, 15) is 30.4 Å². The van der Waals surface area contributed by atoms with Gasteiger partial charge in [0.2, 0.25) is 0 Å². The molecular weight excluding hydrogens is 619 g/mol. The first-order valence-electron chi connectivity index (χ1n) is 11.9. The highest BCUT2D eigenvalue weighted by Crippen LogP contribution is 2.47. The van der Waals surface area contributed by atoms with Gasteiger partial charge in [-0.2, -0.15) is 18.3 Å². The zero-order valence-corrected chi connectivity index (χ0v) is 24.9. The summed E-state index contributed by atoms with van der Waals surface area (Å²) >= 11 is 6.76. The van der Waals surface area contributed by atoms with E-state index in [0.29, 0.717) is 16.0 Å². The van der Waals surface area contributed by atoms with E-state index in [1.54, 1.807) is 0 Å². The molecule has 2 aromatic heterocycles. The molecule has 4 rings (SSSR count). The Kier molecular flexibility index (Phi) is 8.35. The van der Waals surface area contributed by atoms with Crippen molar-refractivity contribution < 1.29 is 35.1 Å². The summed E-state index contributed by atoms with van der Waals surface area (Å²) in [6.07, 6.45) is -7.15. The lowest BCUT2D eigenvalue weighted by molar-refractivity contribution is -0.141. The van der Waals surface area contributed by atoms with Gasteiger partial charge in [-0.3, -0.25) is 9.53 Å². The molecule has 1 fully saturated rings. The predicted molar refractivity (Wildman–Crippen MR) is 141 cm³/mol. The SMILES string of the molecule is [C-]#[N+]C1(N(COCC[Si](C)(C)C)S(=O)(=O)c2cc(Cl)c3c(c2)c(-c2nnc(C(F)F)s2)nn3CC(F)(F)F)CC1. The van der Waals surface area contributed by atoms with E-state index in [0.717, 1.165) is 22.5 Å². The standard InChI is InChI=1S/C22H24ClF5N6O3S2Si/c1-29-21(5-6-21)34(12-37-7-8-40(2,3)4)39(35,36)13-9-14-16(19-30-31-20(38-19)18(24)25)32-33(11-22(26,27)28)17(14)15(23)10-13/h9-10,18H,5-8,11-12H2,2-4H3. The topological polar surface area (TPSA) is 94.6 Å². The number of rotatable bonds is 11. The summed E-state index contributed by atoms with van der Waals surface area (Å²) in [6.45, 7) is 12.3. The van der Waals surface area contributed by atoms with Crippen LogP contribution in [0, 0.1) is 6.57 Å². The minimum Gasteiger partial charge on any atom is -0.365 e. The molecule has 18 heteroatoms. The molecule has 1 aliphatic rings. The number of nitrogens with zero attached hydrogens (tertiary/aromatic N) is 6. The summed E-state index contributed by atoms with van der Waals surface area (Å²) in [6, 6.07) is 2.80. The molecule has 0 amide bonds. The monoisotopic (exact) mass is 642 g/mol. The smallest absolute Gasteiger partial charge is 0.365 e. The van der Waals surface area contributed by atoms with E-state index in [1.165, 1.54) is 0 Å². The minimum absolute atomic E-state index is 0.153. The number of hydrogen-bond donors (Lipinski definition) is 0. The molecule has 1 aliphatic carbocycles. The Morgan fingerprint density at radius 3 is 2.48 bits per heavy atom. The Bertz CT molecular complexity index is 1560. The number of halogens is 6. The maximum absolute atomic E-state index is 13.9. The second-order valence-electron chi connectivity index (χ2n) is 10.5. The number of hydrogen-bond acceptors (Lipinski definition) is 7. The molecule has 3 aromatic rings. The van der Waals surface area contributed by atoms with E-state index in [1.807, 2.05) is 0 Å². The molecule has 218 valence electrons. The maximum atomic E-state index is 13.9. The van der Waals surface area contributed by atoms with Crippen LogP contribution in [0.2, 0.25) is 30.7 Å². The van der Waals surface area contributed by atoms with Crippen LogP contribution in [0.15, 0.2) is 17.0 Å². The van der Waals surface area contributed by atoms with Crippen molar-refractivity contribution in [1.29, 1.82) is 0 Å². The van der Waals surface area contributed by atoms with Crippen molar-refractivity contribution in [1.82, 2.24) is 24.3 Å². The fourth-order valence-electron chi connectivity index (χ4n) is 3.85. The van der Waals surface area contributed by atoms with Gasteiger partial charge in [-0.1, -0.05) is 46.9 Å². The second-order valence-corrected chi connectivity index (χ2v) is 19.4. The molecule has 0 spiro atoms. The largest absolute Gasteiger partial charge is 0.408 e. The van der Waals surface area contributed by atoms with Gasteiger partial charge in [0.25, 0.3) is 16.4 Å². The van der Waals surface area contributed by atoms with Gasteiger partial charge in [0.05, 0.1) is 28.3 Å². The zero-order valence-electron chi connectivity index (χ0n) is 21.5. The average Bonchev–Trinajstić information content (AvgIpc) is 3.28. The van der Waals surface area contributed by atoms with Crippen molar-refractivity contribution in [2.24, 2.45) is 0 Å². The van der Waals surface area contributed by atoms with Gasteiger partial charge in [-0.25, -0.2) is 23.8 Å². The quantitative estimate of drug-likeness (QED) is 0.0788. The fourth-order valence-corrected chi connectivity index (χ4v) is 7.35. The van der Waals surface area contributed by atoms with E-state index < -0.39 is 59.5 Å². The fraction of sp³-hybridized carbons (Fsp3) is 0.545. The van der Waals surface area contributed by atoms with E-state index in [-0.39, 0.29) is 46.1 Å². The zero-order chi connectivity index (χ0) is 29.7. The molecule has 0 radical (unpaired) electrons. The van der Waals surface area contributed by atoms with E-state index in [2.05, 4.69) is 39.8 Å². The third-order valence-corrected chi connectivity index (χ3v) is 10.9. The summed E-state index contributed by atoms with van der Waals surface area (Å²) in [5.41, 5.74) is -1.90. The van der Waals surface area contributed by atoms with Crippen LogP contribution in [-0.2, 0) is 21.3 Å². The van der Waals surface area contributed by atoms with Gasteiger partial charge in [0, 0.05) is 20.1 Å². The van der Waals surface area contributed by atoms with Crippen LogP contribution in [0.1, 0.15) is 24.3 Å². The summed E-state index contributed by atoms with van der Waals surface area (Å²) in [7, 11) is -5.95. The first-order chi connectivity index (χ1) is 18.5. The Balaban J connectivity index is 1.82. The predicted octanol–water partition coefficient (Wildman–Crippen LogP) is 6.42. The molecule has 1 saturated carbocycles. The first-order valence-corrected chi connectivity index (χ1v) is 18.2. The molecule has 0 saturated heterocycles. The van der Waals surface area contributed by atoms with Gasteiger partial charge in [-0.15, -0.1) is 10.2 Å². The van der Waals surface area contributed by atoms with Crippen molar-refractivity contribution in [3.8, 4) is 10.7 Å². The van der Waals surface area contributed by atoms with Crippen LogP contribution >= 0.6 is 22.9 Å². The van der Waals surface area contributed by atoms with Gasteiger partial charge < -0.3 is 4.74 Å². The van der Waals surface area contributed by atoms with Crippen molar-refractivity contribution >= 4 is 51.9 Å².